The molecule has 0 atom stereocenters. The van der Waals surface area contributed by atoms with Crippen LogP contribution in [0.15, 0.2) is 23.4 Å². The first kappa shape index (κ1) is 13.5. The van der Waals surface area contributed by atoms with Crippen molar-refractivity contribution < 1.29 is 8.42 Å². The van der Waals surface area contributed by atoms with E-state index in [9.17, 15) is 8.42 Å². The summed E-state index contributed by atoms with van der Waals surface area (Å²) in [7, 11) is -3.55. The van der Waals surface area contributed by atoms with E-state index >= 15 is 0 Å². The van der Waals surface area contributed by atoms with Gasteiger partial charge in [-0.1, -0.05) is 6.07 Å². The monoisotopic (exact) mass is 269 g/mol. The highest BCUT2D eigenvalue weighted by molar-refractivity contribution is 7.89. The smallest absolute Gasteiger partial charge is 0.258 e. The van der Waals surface area contributed by atoms with Crippen molar-refractivity contribution in [3.63, 3.8) is 0 Å². The summed E-state index contributed by atoms with van der Waals surface area (Å²) in [5, 5.41) is 0.0495. The molecule has 0 unspecified atom stereocenters. The number of aromatic nitrogens is 1. The molecule has 18 heavy (non-hydrogen) atoms. The zero-order valence-corrected chi connectivity index (χ0v) is 11.5. The topological polar surface area (TPSA) is 85.1 Å². The summed E-state index contributed by atoms with van der Waals surface area (Å²) >= 11 is 0. The third-order valence-electron chi connectivity index (χ3n) is 3.30. The molecule has 1 fully saturated rings. The molecular weight excluding hydrogens is 250 g/mol. The number of rotatable bonds is 5. The highest BCUT2D eigenvalue weighted by Crippen LogP contribution is 2.39. The number of nitrogens with two attached hydrogens (primary N) is 1. The van der Waals surface area contributed by atoms with Gasteiger partial charge in [0.2, 0.25) is 0 Å². The summed E-state index contributed by atoms with van der Waals surface area (Å²) < 4.78 is 27.1. The lowest BCUT2D eigenvalue weighted by Crippen LogP contribution is -2.45. The molecule has 1 heterocycles. The van der Waals surface area contributed by atoms with Crippen molar-refractivity contribution in [1.29, 1.82) is 0 Å². The lowest BCUT2D eigenvalue weighted by molar-refractivity contribution is 0.400. The van der Waals surface area contributed by atoms with Gasteiger partial charge in [0.1, 0.15) is 0 Å². The van der Waals surface area contributed by atoms with Crippen LogP contribution in [0.1, 0.15) is 32.3 Å². The maximum absolute atomic E-state index is 12.2. The fourth-order valence-corrected chi connectivity index (χ4v) is 3.38. The molecule has 2 rings (SSSR count). The largest absolute Gasteiger partial charge is 0.326 e. The van der Waals surface area contributed by atoms with E-state index in [-0.39, 0.29) is 5.03 Å². The molecule has 1 aromatic rings. The molecule has 1 aliphatic rings. The Hall–Kier alpha value is -0.980. The highest BCUT2D eigenvalue weighted by atomic mass is 32.2. The van der Waals surface area contributed by atoms with Crippen LogP contribution in [0.3, 0.4) is 0 Å². The van der Waals surface area contributed by atoms with Gasteiger partial charge in [-0.3, -0.25) is 0 Å². The van der Waals surface area contributed by atoms with Crippen molar-refractivity contribution >= 4 is 10.0 Å². The summed E-state index contributed by atoms with van der Waals surface area (Å²) in [5.41, 5.74) is 5.86. The van der Waals surface area contributed by atoms with E-state index in [1.165, 1.54) is 12.3 Å². The third-order valence-corrected chi connectivity index (χ3v) is 4.89. The number of nitrogens with zero attached hydrogens (tertiary/aromatic N) is 1. The molecule has 0 aromatic carbocycles. The lowest BCUT2D eigenvalue weighted by atomic mass is 10.0. The second kappa shape index (κ2) is 4.60. The first-order valence-corrected chi connectivity index (χ1v) is 7.52. The van der Waals surface area contributed by atoms with Crippen LogP contribution in [-0.2, 0) is 16.6 Å². The molecule has 5 nitrogen and oxygen atoms in total. The van der Waals surface area contributed by atoms with Gasteiger partial charge in [0, 0.05) is 18.3 Å². The molecule has 1 aromatic heterocycles. The molecule has 6 heteroatoms. The van der Waals surface area contributed by atoms with Crippen LogP contribution in [0.5, 0.6) is 0 Å². The number of hydrogen-bond acceptors (Lipinski definition) is 4. The zero-order valence-electron chi connectivity index (χ0n) is 10.7. The van der Waals surface area contributed by atoms with E-state index in [4.69, 9.17) is 5.73 Å². The van der Waals surface area contributed by atoms with Crippen molar-refractivity contribution in [1.82, 2.24) is 9.71 Å². The average Bonchev–Trinajstić information content (AvgIpc) is 3.12. The van der Waals surface area contributed by atoms with Gasteiger partial charge in [0.25, 0.3) is 10.0 Å². The molecule has 3 N–H and O–H groups in total. The Kier molecular flexibility index (Phi) is 3.44. The maximum Gasteiger partial charge on any atom is 0.258 e. The molecule has 0 radical (unpaired) electrons. The van der Waals surface area contributed by atoms with Gasteiger partial charge in [0.15, 0.2) is 5.03 Å². The SMILES string of the molecule is CC(C)(NS(=O)(=O)c1ccc(CN)cn1)C1CC1. The Labute approximate surface area is 108 Å². The summed E-state index contributed by atoms with van der Waals surface area (Å²) in [6, 6.07) is 3.18. The normalized spacial score (nSPS) is 16.8. The van der Waals surface area contributed by atoms with E-state index in [1.807, 2.05) is 13.8 Å². The summed E-state index contributed by atoms with van der Waals surface area (Å²) in [6.45, 7) is 4.18. The van der Waals surface area contributed by atoms with Crippen molar-refractivity contribution in [3.05, 3.63) is 23.9 Å². The lowest BCUT2D eigenvalue weighted by Gasteiger charge is -2.25. The number of sulfonamides is 1. The molecule has 1 aliphatic carbocycles. The van der Waals surface area contributed by atoms with Crippen molar-refractivity contribution in [2.45, 2.75) is 43.8 Å². The Bertz CT molecular complexity index is 519. The minimum Gasteiger partial charge on any atom is -0.326 e. The average molecular weight is 269 g/mol. The van der Waals surface area contributed by atoms with Gasteiger partial charge in [-0.2, -0.15) is 0 Å². The minimum absolute atomic E-state index is 0.0495. The Morgan fingerprint density at radius 3 is 2.56 bits per heavy atom. The van der Waals surface area contributed by atoms with Gasteiger partial charge in [-0.05, 0) is 44.2 Å². The van der Waals surface area contributed by atoms with Gasteiger partial charge in [-0.25, -0.2) is 18.1 Å². The standard InChI is InChI=1S/C12H19N3O2S/c1-12(2,10-4-5-10)15-18(16,17)11-6-3-9(7-13)8-14-11/h3,6,8,10,15H,4-5,7,13H2,1-2H3. The number of pyridine rings is 1. The Morgan fingerprint density at radius 2 is 2.11 bits per heavy atom. The maximum atomic E-state index is 12.2. The van der Waals surface area contributed by atoms with Crippen LogP contribution in [0.2, 0.25) is 0 Å². The van der Waals surface area contributed by atoms with Gasteiger partial charge in [0.05, 0.1) is 0 Å². The quantitative estimate of drug-likeness (QED) is 0.835. The molecular formula is C12H19N3O2S. The fourth-order valence-electron chi connectivity index (χ4n) is 1.98. The zero-order chi connectivity index (χ0) is 13.4. The van der Waals surface area contributed by atoms with E-state index in [0.29, 0.717) is 12.5 Å². The van der Waals surface area contributed by atoms with Gasteiger partial charge >= 0.3 is 0 Å². The molecule has 0 aliphatic heterocycles. The van der Waals surface area contributed by atoms with Crippen LogP contribution in [0.25, 0.3) is 0 Å². The second-order valence-electron chi connectivity index (χ2n) is 5.31. The van der Waals surface area contributed by atoms with Crippen LogP contribution in [0, 0.1) is 5.92 Å². The van der Waals surface area contributed by atoms with Crippen LogP contribution < -0.4 is 10.5 Å². The number of nitrogens with one attached hydrogen (secondary N) is 1. The van der Waals surface area contributed by atoms with Crippen LogP contribution in [0.4, 0.5) is 0 Å². The summed E-state index contributed by atoms with van der Waals surface area (Å²) in [4.78, 5) is 3.95. The highest BCUT2D eigenvalue weighted by Gasteiger charge is 2.40. The molecule has 0 amide bonds. The van der Waals surface area contributed by atoms with Crippen molar-refractivity contribution in [3.8, 4) is 0 Å². The molecule has 100 valence electrons. The Balaban J connectivity index is 2.19. The summed E-state index contributed by atoms with van der Waals surface area (Å²) in [6.07, 6.45) is 3.66. The van der Waals surface area contributed by atoms with Crippen LogP contribution >= 0.6 is 0 Å². The Morgan fingerprint density at radius 1 is 1.44 bits per heavy atom. The molecule has 0 saturated heterocycles. The van der Waals surface area contributed by atoms with Gasteiger partial charge < -0.3 is 5.73 Å². The van der Waals surface area contributed by atoms with Gasteiger partial charge in [-0.15, -0.1) is 0 Å². The molecule has 0 bridgehead atoms. The van der Waals surface area contributed by atoms with Crippen LogP contribution in [-0.4, -0.2) is 18.9 Å². The molecule has 0 spiro atoms. The summed E-state index contributed by atoms with van der Waals surface area (Å²) in [5.74, 6) is 0.426. The minimum atomic E-state index is -3.55. The predicted octanol–water partition coefficient (Wildman–Crippen LogP) is 1.01. The van der Waals surface area contributed by atoms with E-state index < -0.39 is 15.6 Å². The van der Waals surface area contributed by atoms with Crippen molar-refractivity contribution in [2.24, 2.45) is 11.7 Å². The third kappa shape index (κ3) is 2.88. The number of hydrogen-bond donors (Lipinski definition) is 2. The predicted molar refractivity (Wildman–Crippen MR) is 69.3 cm³/mol. The van der Waals surface area contributed by atoms with E-state index in [2.05, 4.69) is 9.71 Å². The van der Waals surface area contributed by atoms with E-state index in [0.717, 1.165) is 18.4 Å². The van der Waals surface area contributed by atoms with E-state index in [1.54, 1.807) is 6.07 Å². The first-order chi connectivity index (χ1) is 8.35. The second-order valence-corrected chi connectivity index (χ2v) is 6.94. The fraction of sp³-hybridized carbons (Fsp3) is 0.583. The first-order valence-electron chi connectivity index (χ1n) is 6.04. The molecule has 1 saturated carbocycles. The van der Waals surface area contributed by atoms with Crippen molar-refractivity contribution in [2.75, 3.05) is 0 Å².